The zero-order valence-electron chi connectivity index (χ0n) is 12.4. The van der Waals surface area contributed by atoms with E-state index < -0.39 is 11.6 Å². The van der Waals surface area contributed by atoms with E-state index in [4.69, 9.17) is 21.4 Å². The highest BCUT2D eigenvalue weighted by Gasteiger charge is 2.30. The monoisotopic (exact) mass is 313 g/mol. The van der Waals surface area contributed by atoms with E-state index in [0.717, 1.165) is 0 Å². The standard InChI is InChI=1S/C15H20ClNO4/c1-10(8-13(18)19)9-17-14(20)15(2,3)21-12-6-4-11(16)5-7-12/h4-7,10H,8-9H2,1-3H3,(H,17,20)(H,18,19). The molecule has 0 fully saturated rings. The van der Waals surface area contributed by atoms with Crippen molar-refractivity contribution in [3.8, 4) is 5.75 Å². The van der Waals surface area contributed by atoms with E-state index in [0.29, 0.717) is 17.3 Å². The number of carbonyl (C=O) groups is 2. The fourth-order valence-corrected chi connectivity index (χ4v) is 1.82. The van der Waals surface area contributed by atoms with Gasteiger partial charge in [0.1, 0.15) is 5.75 Å². The van der Waals surface area contributed by atoms with Gasteiger partial charge in [0.05, 0.1) is 0 Å². The third-order valence-electron chi connectivity index (χ3n) is 2.87. The average Bonchev–Trinajstić information content (AvgIpc) is 2.37. The molecule has 0 aliphatic heterocycles. The normalized spacial score (nSPS) is 12.6. The Balaban J connectivity index is 2.54. The van der Waals surface area contributed by atoms with Crippen molar-refractivity contribution >= 4 is 23.5 Å². The number of nitrogens with one attached hydrogen (secondary N) is 1. The van der Waals surface area contributed by atoms with Crippen molar-refractivity contribution in [2.24, 2.45) is 5.92 Å². The Kier molecular flexibility index (Phi) is 6.03. The molecule has 0 saturated carbocycles. The zero-order chi connectivity index (χ0) is 16.0. The number of rotatable bonds is 7. The van der Waals surface area contributed by atoms with Gasteiger partial charge in [-0.1, -0.05) is 18.5 Å². The summed E-state index contributed by atoms with van der Waals surface area (Å²) in [5, 5.41) is 12.0. The second kappa shape index (κ2) is 7.31. The van der Waals surface area contributed by atoms with Crippen LogP contribution < -0.4 is 10.1 Å². The number of hydrogen-bond donors (Lipinski definition) is 2. The molecule has 0 radical (unpaired) electrons. The van der Waals surface area contributed by atoms with E-state index in [-0.39, 0.29) is 18.2 Å². The van der Waals surface area contributed by atoms with Crippen molar-refractivity contribution in [2.45, 2.75) is 32.8 Å². The lowest BCUT2D eigenvalue weighted by Gasteiger charge is -2.26. The number of halogens is 1. The highest BCUT2D eigenvalue weighted by molar-refractivity contribution is 6.30. The molecule has 116 valence electrons. The molecule has 0 heterocycles. The lowest BCUT2D eigenvalue weighted by Crippen LogP contribution is -2.47. The van der Waals surface area contributed by atoms with Crippen molar-refractivity contribution in [1.82, 2.24) is 5.32 Å². The van der Waals surface area contributed by atoms with Crippen molar-refractivity contribution in [2.75, 3.05) is 6.54 Å². The predicted octanol–water partition coefficient (Wildman–Crippen LogP) is 2.72. The van der Waals surface area contributed by atoms with E-state index in [1.807, 2.05) is 0 Å². The van der Waals surface area contributed by atoms with Gasteiger partial charge in [-0.15, -0.1) is 0 Å². The van der Waals surface area contributed by atoms with Crippen molar-refractivity contribution in [3.63, 3.8) is 0 Å². The number of carbonyl (C=O) groups excluding carboxylic acids is 1. The van der Waals surface area contributed by atoms with Gasteiger partial charge in [0.15, 0.2) is 5.60 Å². The van der Waals surface area contributed by atoms with Gasteiger partial charge >= 0.3 is 5.97 Å². The molecule has 1 rings (SSSR count). The Hall–Kier alpha value is -1.75. The first-order valence-electron chi connectivity index (χ1n) is 6.65. The summed E-state index contributed by atoms with van der Waals surface area (Å²) < 4.78 is 5.64. The molecule has 0 saturated heterocycles. The first-order chi connectivity index (χ1) is 9.70. The molecule has 21 heavy (non-hydrogen) atoms. The van der Waals surface area contributed by atoms with Gasteiger partial charge in [-0.05, 0) is 44.0 Å². The number of amides is 1. The average molecular weight is 314 g/mol. The molecule has 1 aromatic rings. The summed E-state index contributed by atoms with van der Waals surface area (Å²) in [6.07, 6.45) is 0.0126. The van der Waals surface area contributed by atoms with Gasteiger partial charge in [-0.3, -0.25) is 9.59 Å². The molecule has 5 nitrogen and oxygen atoms in total. The summed E-state index contributed by atoms with van der Waals surface area (Å²) in [4.78, 5) is 22.7. The highest BCUT2D eigenvalue weighted by atomic mass is 35.5. The van der Waals surface area contributed by atoms with Crippen LogP contribution in [0.15, 0.2) is 24.3 Å². The molecule has 1 aromatic carbocycles. The van der Waals surface area contributed by atoms with Gasteiger partial charge in [-0.2, -0.15) is 0 Å². The lowest BCUT2D eigenvalue weighted by molar-refractivity contribution is -0.139. The van der Waals surface area contributed by atoms with Crippen LogP contribution in [-0.4, -0.2) is 29.1 Å². The van der Waals surface area contributed by atoms with Crippen molar-refractivity contribution < 1.29 is 19.4 Å². The van der Waals surface area contributed by atoms with Gasteiger partial charge in [0.2, 0.25) is 0 Å². The van der Waals surface area contributed by atoms with E-state index in [2.05, 4.69) is 5.32 Å². The topological polar surface area (TPSA) is 75.6 Å². The van der Waals surface area contributed by atoms with Crippen LogP contribution in [0.5, 0.6) is 5.75 Å². The minimum Gasteiger partial charge on any atom is -0.481 e. The quantitative estimate of drug-likeness (QED) is 0.811. The lowest BCUT2D eigenvalue weighted by atomic mass is 10.1. The maximum Gasteiger partial charge on any atom is 0.303 e. The van der Waals surface area contributed by atoms with Gasteiger partial charge in [0.25, 0.3) is 5.91 Å². The largest absolute Gasteiger partial charge is 0.481 e. The third kappa shape index (κ3) is 6.04. The highest BCUT2D eigenvalue weighted by Crippen LogP contribution is 2.21. The number of ether oxygens (including phenoxy) is 1. The minimum atomic E-state index is -1.06. The fourth-order valence-electron chi connectivity index (χ4n) is 1.69. The number of aliphatic carboxylic acids is 1. The summed E-state index contributed by atoms with van der Waals surface area (Å²) in [5.41, 5.74) is -1.06. The van der Waals surface area contributed by atoms with Gasteiger partial charge in [0, 0.05) is 18.0 Å². The van der Waals surface area contributed by atoms with Crippen LogP contribution in [0.2, 0.25) is 5.02 Å². The molecule has 0 aliphatic carbocycles. The molecular formula is C15H20ClNO4. The summed E-state index contributed by atoms with van der Waals surface area (Å²) in [6, 6.07) is 6.73. The van der Waals surface area contributed by atoms with Crippen LogP contribution in [0.3, 0.4) is 0 Å². The second-order valence-electron chi connectivity index (χ2n) is 5.48. The fraction of sp³-hybridized carbons (Fsp3) is 0.467. The Labute approximate surface area is 129 Å². The van der Waals surface area contributed by atoms with Crippen LogP contribution >= 0.6 is 11.6 Å². The second-order valence-corrected chi connectivity index (χ2v) is 5.92. The van der Waals surface area contributed by atoms with Crippen molar-refractivity contribution in [3.05, 3.63) is 29.3 Å². The molecule has 1 unspecified atom stereocenters. The van der Waals surface area contributed by atoms with Gasteiger partial charge in [-0.25, -0.2) is 0 Å². The molecule has 1 atom stereocenters. The Bertz CT molecular complexity index is 499. The van der Waals surface area contributed by atoms with Gasteiger partial charge < -0.3 is 15.2 Å². The Morgan fingerprint density at radius 2 is 1.90 bits per heavy atom. The zero-order valence-corrected chi connectivity index (χ0v) is 13.1. The Morgan fingerprint density at radius 1 is 1.33 bits per heavy atom. The first kappa shape index (κ1) is 17.3. The van der Waals surface area contributed by atoms with Crippen LogP contribution in [-0.2, 0) is 9.59 Å². The molecule has 0 bridgehead atoms. The first-order valence-corrected chi connectivity index (χ1v) is 7.03. The molecule has 0 aliphatic rings. The number of benzene rings is 1. The van der Waals surface area contributed by atoms with Crippen LogP contribution in [0.4, 0.5) is 0 Å². The number of carboxylic acid groups (broad SMARTS) is 1. The predicted molar refractivity (Wildman–Crippen MR) is 80.6 cm³/mol. The molecule has 6 heteroatoms. The van der Waals surface area contributed by atoms with Crippen molar-refractivity contribution in [1.29, 1.82) is 0 Å². The summed E-state index contributed by atoms with van der Waals surface area (Å²) in [5.74, 6) is -0.779. The minimum absolute atomic E-state index is 0.0126. The maximum absolute atomic E-state index is 12.1. The van der Waals surface area contributed by atoms with Crippen LogP contribution in [0.25, 0.3) is 0 Å². The molecular weight excluding hydrogens is 294 g/mol. The summed E-state index contributed by atoms with van der Waals surface area (Å²) in [6.45, 7) is 5.36. The molecule has 0 spiro atoms. The third-order valence-corrected chi connectivity index (χ3v) is 3.12. The maximum atomic E-state index is 12.1. The van der Waals surface area contributed by atoms with E-state index in [1.54, 1.807) is 45.0 Å². The summed E-state index contributed by atoms with van der Waals surface area (Å²) >= 11 is 5.79. The van der Waals surface area contributed by atoms with E-state index in [9.17, 15) is 9.59 Å². The van der Waals surface area contributed by atoms with Crippen LogP contribution in [0, 0.1) is 5.92 Å². The molecule has 0 aromatic heterocycles. The number of carboxylic acids is 1. The van der Waals surface area contributed by atoms with E-state index >= 15 is 0 Å². The smallest absolute Gasteiger partial charge is 0.303 e. The summed E-state index contributed by atoms with van der Waals surface area (Å²) in [7, 11) is 0. The van der Waals surface area contributed by atoms with Crippen LogP contribution in [0.1, 0.15) is 27.2 Å². The molecule has 1 amide bonds. The molecule has 2 N–H and O–H groups in total. The number of hydrogen-bond acceptors (Lipinski definition) is 3. The SMILES string of the molecule is CC(CNC(=O)C(C)(C)Oc1ccc(Cl)cc1)CC(=O)O. The van der Waals surface area contributed by atoms with E-state index in [1.165, 1.54) is 0 Å². The Morgan fingerprint density at radius 3 is 2.43 bits per heavy atom.